The predicted octanol–water partition coefficient (Wildman–Crippen LogP) is 2.14. The Bertz CT molecular complexity index is 560. The van der Waals surface area contributed by atoms with Crippen LogP contribution in [0.15, 0.2) is 29.0 Å². The molecule has 1 aromatic carbocycles. The van der Waals surface area contributed by atoms with E-state index in [0.29, 0.717) is 11.3 Å². The number of aromatic nitrogens is 1. The number of hydrogen-bond acceptors (Lipinski definition) is 4. The van der Waals surface area contributed by atoms with Gasteiger partial charge in [0.2, 0.25) is 5.91 Å². The minimum Gasteiger partial charge on any atom is -0.443 e. The van der Waals surface area contributed by atoms with E-state index in [-0.39, 0.29) is 24.5 Å². The van der Waals surface area contributed by atoms with Crippen LogP contribution in [0.25, 0.3) is 11.1 Å². The number of amides is 1. The van der Waals surface area contributed by atoms with Gasteiger partial charge in [0.15, 0.2) is 12.0 Å². The molecular formula is C12H12N2O3. The average molecular weight is 232 g/mol. The summed E-state index contributed by atoms with van der Waals surface area (Å²) in [4.78, 5) is 26.2. The van der Waals surface area contributed by atoms with Crippen LogP contribution in [0, 0.1) is 0 Å². The van der Waals surface area contributed by atoms with Crippen molar-refractivity contribution in [3.63, 3.8) is 0 Å². The van der Waals surface area contributed by atoms with Crippen LogP contribution in [-0.2, 0) is 9.59 Å². The molecular weight excluding hydrogens is 220 g/mol. The number of hydrogen-bond donors (Lipinski definition) is 1. The van der Waals surface area contributed by atoms with Crippen molar-refractivity contribution in [3.05, 3.63) is 24.6 Å². The van der Waals surface area contributed by atoms with E-state index < -0.39 is 0 Å². The van der Waals surface area contributed by atoms with Gasteiger partial charge < -0.3 is 14.5 Å². The quantitative estimate of drug-likeness (QED) is 0.876. The molecule has 2 rings (SSSR count). The predicted molar refractivity (Wildman–Crippen MR) is 62.6 cm³/mol. The molecule has 1 amide bonds. The van der Waals surface area contributed by atoms with Crippen molar-refractivity contribution in [3.8, 4) is 0 Å². The van der Waals surface area contributed by atoms with Crippen molar-refractivity contribution in [2.75, 3.05) is 5.32 Å². The van der Waals surface area contributed by atoms with Crippen molar-refractivity contribution >= 4 is 28.5 Å². The van der Waals surface area contributed by atoms with Gasteiger partial charge in [-0.25, -0.2) is 4.98 Å². The molecule has 0 saturated heterocycles. The maximum Gasteiger partial charge on any atom is 0.224 e. The highest BCUT2D eigenvalue weighted by atomic mass is 16.3. The molecule has 0 fully saturated rings. The molecule has 0 atom stereocenters. The first-order valence-corrected chi connectivity index (χ1v) is 5.28. The lowest BCUT2D eigenvalue weighted by Gasteiger charge is -2.03. The van der Waals surface area contributed by atoms with Gasteiger partial charge in [0.25, 0.3) is 0 Å². The fraction of sp³-hybridized carbons (Fsp3) is 0.250. The number of oxazole rings is 1. The van der Waals surface area contributed by atoms with E-state index in [0.717, 1.165) is 5.52 Å². The van der Waals surface area contributed by atoms with E-state index in [4.69, 9.17) is 4.42 Å². The summed E-state index contributed by atoms with van der Waals surface area (Å²) in [6.45, 7) is 1.47. The minimum atomic E-state index is -0.181. The normalized spacial score (nSPS) is 10.4. The van der Waals surface area contributed by atoms with Gasteiger partial charge in [-0.1, -0.05) is 0 Å². The fourth-order valence-corrected chi connectivity index (χ4v) is 1.45. The Labute approximate surface area is 97.8 Å². The van der Waals surface area contributed by atoms with Gasteiger partial charge in [-0.2, -0.15) is 0 Å². The largest absolute Gasteiger partial charge is 0.443 e. The summed E-state index contributed by atoms with van der Waals surface area (Å²) >= 11 is 0. The molecule has 2 aromatic rings. The van der Waals surface area contributed by atoms with Crippen LogP contribution in [0.5, 0.6) is 0 Å². The summed E-state index contributed by atoms with van der Waals surface area (Å²) in [7, 11) is 0. The molecule has 1 aromatic heterocycles. The lowest BCUT2D eigenvalue weighted by Crippen LogP contribution is -2.12. The lowest BCUT2D eigenvalue weighted by molar-refractivity contribution is -0.121. The maximum absolute atomic E-state index is 11.5. The average Bonchev–Trinajstić information content (AvgIpc) is 2.73. The van der Waals surface area contributed by atoms with E-state index in [2.05, 4.69) is 10.3 Å². The van der Waals surface area contributed by atoms with Crippen LogP contribution < -0.4 is 5.32 Å². The number of carbonyl (C=O) groups is 2. The number of fused-ring (bicyclic) bond motifs is 1. The van der Waals surface area contributed by atoms with Gasteiger partial charge in [-0.15, -0.1) is 0 Å². The Kier molecular flexibility index (Phi) is 3.18. The Morgan fingerprint density at radius 1 is 1.35 bits per heavy atom. The second-order valence-corrected chi connectivity index (χ2v) is 3.79. The molecule has 88 valence electrons. The molecule has 17 heavy (non-hydrogen) atoms. The highest BCUT2D eigenvalue weighted by Gasteiger charge is 2.06. The SMILES string of the molecule is CC(=O)CCC(=O)Nc1ccc2ncoc2c1. The van der Waals surface area contributed by atoms with Crippen molar-refractivity contribution in [2.45, 2.75) is 19.8 Å². The number of nitrogens with one attached hydrogen (secondary N) is 1. The Hall–Kier alpha value is -2.17. The third-order valence-corrected chi connectivity index (χ3v) is 2.32. The number of Topliss-reactive ketones (excluding diaryl/α,β-unsaturated/α-hetero) is 1. The van der Waals surface area contributed by atoms with Crippen molar-refractivity contribution in [2.24, 2.45) is 0 Å². The highest BCUT2D eigenvalue weighted by molar-refractivity contribution is 5.94. The van der Waals surface area contributed by atoms with Crippen molar-refractivity contribution in [1.82, 2.24) is 4.98 Å². The number of rotatable bonds is 4. The molecule has 1 N–H and O–H groups in total. The van der Waals surface area contributed by atoms with Crippen molar-refractivity contribution < 1.29 is 14.0 Å². The number of nitrogens with zero attached hydrogens (tertiary/aromatic N) is 1. The minimum absolute atomic E-state index is 0.00540. The van der Waals surface area contributed by atoms with Crippen molar-refractivity contribution in [1.29, 1.82) is 0 Å². The molecule has 1 heterocycles. The zero-order chi connectivity index (χ0) is 12.3. The molecule has 0 bridgehead atoms. The second-order valence-electron chi connectivity index (χ2n) is 3.79. The summed E-state index contributed by atoms with van der Waals surface area (Å²) in [5, 5.41) is 2.70. The van der Waals surface area contributed by atoms with Crippen LogP contribution in [0.4, 0.5) is 5.69 Å². The molecule has 5 nitrogen and oxygen atoms in total. The van der Waals surface area contributed by atoms with E-state index in [1.54, 1.807) is 18.2 Å². The molecule has 0 aliphatic carbocycles. The molecule has 5 heteroatoms. The Morgan fingerprint density at radius 3 is 2.94 bits per heavy atom. The second kappa shape index (κ2) is 4.78. The summed E-state index contributed by atoms with van der Waals surface area (Å²) in [6.07, 6.45) is 1.81. The van der Waals surface area contributed by atoms with Gasteiger partial charge in [0.05, 0.1) is 0 Å². The van der Waals surface area contributed by atoms with Crippen LogP contribution >= 0.6 is 0 Å². The molecule has 0 saturated carbocycles. The standard InChI is InChI=1S/C12H12N2O3/c1-8(15)2-5-12(16)14-9-3-4-10-11(6-9)17-7-13-10/h3-4,6-7H,2,5H2,1H3,(H,14,16). The maximum atomic E-state index is 11.5. The fourth-order valence-electron chi connectivity index (χ4n) is 1.45. The third kappa shape index (κ3) is 2.90. The highest BCUT2D eigenvalue weighted by Crippen LogP contribution is 2.17. The van der Waals surface area contributed by atoms with Crippen LogP contribution in [0.1, 0.15) is 19.8 Å². The number of ketones is 1. The van der Waals surface area contributed by atoms with Crippen LogP contribution in [0.2, 0.25) is 0 Å². The number of carbonyl (C=O) groups excluding carboxylic acids is 2. The van der Waals surface area contributed by atoms with Gasteiger partial charge >= 0.3 is 0 Å². The topological polar surface area (TPSA) is 72.2 Å². The van der Waals surface area contributed by atoms with Crippen LogP contribution in [-0.4, -0.2) is 16.7 Å². The van der Waals surface area contributed by atoms with Gasteiger partial charge in [0.1, 0.15) is 11.3 Å². The van der Waals surface area contributed by atoms with Gasteiger partial charge in [0, 0.05) is 24.6 Å². The van der Waals surface area contributed by atoms with E-state index in [1.807, 2.05) is 0 Å². The van der Waals surface area contributed by atoms with E-state index >= 15 is 0 Å². The third-order valence-electron chi connectivity index (χ3n) is 2.32. The zero-order valence-corrected chi connectivity index (χ0v) is 9.40. The summed E-state index contributed by atoms with van der Waals surface area (Å²) in [6, 6.07) is 5.21. The van der Waals surface area contributed by atoms with Crippen LogP contribution in [0.3, 0.4) is 0 Å². The summed E-state index contributed by atoms with van der Waals surface area (Å²) in [5.41, 5.74) is 2.00. The smallest absolute Gasteiger partial charge is 0.224 e. The summed E-state index contributed by atoms with van der Waals surface area (Å²) < 4.78 is 5.12. The van der Waals surface area contributed by atoms with E-state index in [1.165, 1.54) is 13.3 Å². The lowest BCUT2D eigenvalue weighted by atomic mass is 10.2. The zero-order valence-electron chi connectivity index (χ0n) is 9.40. The Morgan fingerprint density at radius 2 is 2.18 bits per heavy atom. The monoisotopic (exact) mass is 232 g/mol. The molecule has 0 radical (unpaired) electrons. The number of benzene rings is 1. The molecule has 0 aliphatic heterocycles. The first kappa shape index (κ1) is 11.3. The van der Waals surface area contributed by atoms with Gasteiger partial charge in [-0.3, -0.25) is 4.79 Å². The molecule has 0 aliphatic rings. The molecule has 0 spiro atoms. The van der Waals surface area contributed by atoms with E-state index in [9.17, 15) is 9.59 Å². The number of anilines is 1. The summed E-state index contributed by atoms with van der Waals surface area (Å²) in [5.74, 6) is -0.176. The first-order valence-electron chi connectivity index (χ1n) is 5.28. The van der Waals surface area contributed by atoms with Gasteiger partial charge in [-0.05, 0) is 19.1 Å². The molecule has 0 unspecified atom stereocenters. The first-order chi connectivity index (χ1) is 8.15. The Balaban J connectivity index is 2.02.